The molecule has 7 nitrogen and oxygen atoms in total. The zero-order valence-corrected chi connectivity index (χ0v) is 23.1. The number of hydrogen-bond acceptors (Lipinski definition) is 5. The summed E-state index contributed by atoms with van der Waals surface area (Å²) in [7, 11) is 4.96. The van der Waals surface area contributed by atoms with Gasteiger partial charge in [-0.3, -0.25) is 4.99 Å². The van der Waals surface area contributed by atoms with E-state index in [9.17, 15) is 0 Å². The van der Waals surface area contributed by atoms with Crippen molar-refractivity contribution in [1.82, 2.24) is 10.6 Å². The Labute approximate surface area is 211 Å². The molecule has 1 aromatic carbocycles. The first-order valence-corrected chi connectivity index (χ1v) is 11.3. The summed E-state index contributed by atoms with van der Waals surface area (Å²) < 4.78 is 22.6. The fraction of sp³-hybridized carbons (Fsp3) is 0.708. The molecule has 0 aromatic heterocycles. The average molecular weight is 564 g/mol. The Morgan fingerprint density at radius 1 is 1.09 bits per heavy atom. The summed E-state index contributed by atoms with van der Waals surface area (Å²) in [6.45, 7) is 11.9. The van der Waals surface area contributed by atoms with Gasteiger partial charge in [-0.25, -0.2) is 0 Å². The first-order chi connectivity index (χ1) is 14.8. The van der Waals surface area contributed by atoms with Gasteiger partial charge in [-0.15, -0.1) is 24.0 Å². The van der Waals surface area contributed by atoms with Crippen LogP contribution in [0.3, 0.4) is 0 Å². The second kappa shape index (κ2) is 14.0. The van der Waals surface area contributed by atoms with E-state index in [1.807, 2.05) is 12.1 Å². The molecule has 184 valence electrons. The van der Waals surface area contributed by atoms with Crippen LogP contribution in [-0.4, -0.2) is 59.6 Å². The van der Waals surface area contributed by atoms with E-state index in [-0.39, 0.29) is 35.5 Å². The summed E-state index contributed by atoms with van der Waals surface area (Å²) in [5.41, 5.74) is 1.12. The highest BCUT2D eigenvalue weighted by Crippen LogP contribution is 2.35. The van der Waals surface area contributed by atoms with Crippen molar-refractivity contribution in [3.63, 3.8) is 0 Å². The Bertz CT molecular complexity index is 697. The highest BCUT2D eigenvalue weighted by atomic mass is 127. The molecule has 0 bridgehead atoms. The Hall–Kier alpha value is -1.42. The van der Waals surface area contributed by atoms with Crippen molar-refractivity contribution in [2.45, 2.75) is 53.1 Å². The lowest BCUT2D eigenvalue weighted by Gasteiger charge is -2.39. The van der Waals surface area contributed by atoms with Gasteiger partial charge in [-0.1, -0.05) is 20.8 Å². The second-order valence-corrected chi connectivity index (χ2v) is 8.97. The van der Waals surface area contributed by atoms with Crippen LogP contribution in [0.4, 0.5) is 0 Å². The second-order valence-electron chi connectivity index (χ2n) is 8.97. The zero-order chi connectivity index (χ0) is 22.9. The molecule has 32 heavy (non-hydrogen) atoms. The smallest absolute Gasteiger partial charge is 0.191 e. The Morgan fingerprint density at radius 2 is 1.75 bits per heavy atom. The molecular formula is C24H42IN3O4. The van der Waals surface area contributed by atoms with Gasteiger partial charge in [0.25, 0.3) is 0 Å². The number of nitrogens with zero attached hydrogens (tertiary/aromatic N) is 1. The lowest BCUT2D eigenvalue weighted by Crippen LogP contribution is -2.43. The molecule has 1 saturated heterocycles. The Morgan fingerprint density at radius 3 is 2.28 bits per heavy atom. The quantitative estimate of drug-likeness (QED) is 0.266. The number of ether oxygens (including phenoxy) is 4. The molecule has 2 unspecified atom stereocenters. The molecule has 1 fully saturated rings. The van der Waals surface area contributed by atoms with E-state index < -0.39 is 0 Å². The Balaban J connectivity index is 0.00000512. The van der Waals surface area contributed by atoms with Crippen molar-refractivity contribution in [2.75, 3.05) is 47.6 Å². The van der Waals surface area contributed by atoms with Crippen molar-refractivity contribution < 1.29 is 18.9 Å². The number of aliphatic imine (C=N–C) groups is 1. The summed E-state index contributed by atoms with van der Waals surface area (Å²) in [5, 5.41) is 6.80. The predicted octanol–water partition coefficient (Wildman–Crippen LogP) is 4.27. The van der Waals surface area contributed by atoms with Crippen LogP contribution in [0.1, 0.15) is 46.1 Å². The minimum atomic E-state index is 0. The fourth-order valence-electron chi connectivity index (χ4n) is 4.17. The van der Waals surface area contributed by atoms with E-state index >= 15 is 0 Å². The summed E-state index contributed by atoms with van der Waals surface area (Å²) >= 11 is 0. The molecule has 0 spiro atoms. The van der Waals surface area contributed by atoms with Gasteiger partial charge in [0.15, 0.2) is 5.96 Å². The van der Waals surface area contributed by atoms with Gasteiger partial charge in [0.05, 0.1) is 27.4 Å². The van der Waals surface area contributed by atoms with Gasteiger partial charge in [0, 0.05) is 49.9 Å². The normalized spacial score (nSPS) is 19.0. The molecule has 2 atom stereocenters. The van der Waals surface area contributed by atoms with Crippen LogP contribution in [0.15, 0.2) is 17.1 Å². The largest absolute Gasteiger partial charge is 0.496 e. The first kappa shape index (κ1) is 28.6. The third-order valence-electron chi connectivity index (χ3n) is 5.61. The van der Waals surface area contributed by atoms with Crippen molar-refractivity contribution in [3.05, 3.63) is 17.7 Å². The lowest BCUT2D eigenvalue weighted by atomic mass is 9.78. The fourth-order valence-corrected chi connectivity index (χ4v) is 4.17. The van der Waals surface area contributed by atoms with Crippen LogP contribution in [0.25, 0.3) is 0 Å². The van der Waals surface area contributed by atoms with Crippen LogP contribution in [0.2, 0.25) is 0 Å². The van der Waals surface area contributed by atoms with E-state index in [1.54, 1.807) is 21.3 Å². The Kier molecular flexibility index (Phi) is 12.5. The first-order valence-electron chi connectivity index (χ1n) is 11.3. The van der Waals surface area contributed by atoms with E-state index in [0.717, 1.165) is 62.0 Å². The van der Waals surface area contributed by atoms with E-state index in [1.165, 1.54) is 0 Å². The van der Waals surface area contributed by atoms with Crippen LogP contribution >= 0.6 is 24.0 Å². The van der Waals surface area contributed by atoms with Crippen molar-refractivity contribution in [1.29, 1.82) is 0 Å². The number of benzene rings is 1. The van der Waals surface area contributed by atoms with Crippen molar-refractivity contribution in [3.8, 4) is 17.2 Å². The average Bonchev–Trinajstić information content (AvgIpc) is 2.76. The van der Waals surface area contributed by atoms with Crippen LogP contribution in [-0.2, 0) is 11.2 Å². The molecule has 1 heterocycles. The molecule has 0 aliphatic carbocycles. The van der Waals surface area contributed by atoms with E-state index in [4.69, 9.17) is 23.9 Å². The number of guanidine groups is 1. The molecule has 2 N–H and O–H groups in total. The number of hydrogen-bond donors (Lipinski definition) is 2. The molecule has 0 radical (unpaired) electrons. The maximum Gasteiger partial charge on any atom is 0.191 e. The van der Waals surface area contributed by atoms with Crippen molar-refractivity contribution >= 4 is 29.9 Å². The maximum absolute atomic E-state index is 6.11. The highest BCUT2D eigenvalue weighted by Gasteiger charge is 2.35. The summed E-state index contributed by atoms with van der Waals surface area (Å²) in [6, 6.07) is 3.76. The van der Waals surface area contributed by atoms with Crippen molar-refractivity contribution in [2.24, 2.45) is 16.3 Å². The van der Waals surface area contributed by atoms with Gasteiger partial charge >= 0.3 is 0 Å². The molecule has 8 heteroatoms. The molecular weight excluding hydrogens is 521 g/mol. The molecule has 2 rings (SSSR count). The van der Waals surface area contributed by atoms with E-state index in [0.29, 0.717) is 18.2 Å². The molecule has 1 aliphatic rings. The number of halogens is 1. The SMILES string of the molecule is CCNC(=NCC1CCCOC1C(C)(C)C)NCCc1c(OC)cc(OC)cc1OC.I. The number of nitrogens with one attached hydrogen (secondary N) is 2. The van der Waals surface area contributed by atoms with Gasteiger partial charge in [0.1, 0.15) is 17.2 Å². The summed E-state index contributed by atoms with van der Waals surface area (Å²) in [5.74, 6) is 3.49. The minimum absolute atomic E-state index is 0. The van der Waals surface area contributed by atoms with Crippen LogP contribution < -0.4 is 24.8 Å². The van der Waals surface area contributed by atoms with Crippen LogP contribution in [0.5, 0.6) is 17.2 Å². The lowest BCUT2D eigenvalue weighted by molar-refractivity contribution is -0.0823. The zero-order valence-electron chi connectivity index (χ0n) is 20.7. The minimum Gasteiger partial charge on any atom is -0.496 e. The monoisotopic (exact) mass is 563 g/mol. The van der Waals surface area contributed by atoms with Crippen LogP contribution in [0, 0.1) is 11.3 Å². The summed E-state index contributed by atoms with van der Waals surface area (Å²) in [4.78, 5) is 4.88. The molecule has 0 amide bonds. The third kappa shape index (κ3) is 8.17. The standard InChI is InChI=1S/C24H41N3O4.HI/c1-8-25-23(27-16-17-10-9-13-31-22(17)24(2,3)4)26-12-11-19-20(29-6)14-18(28-5)15-21(19)30-7;/h14-15,17,22H,8-13,16H2,1-7H3,(H2,25,26,27);1H. The molecule has 1 aromatic rings. The topological polar surface area (TPSA) is 73.3 Å². The van der Waals surface area contributed by atoms with E-state index in [2.05, 4.69) is 38.3 Å². The van der Waals surface area contributed by atoms with Gasteiger partial charge < -0.3 is 29.6 Å². The predicted molar refractivity (Wildman–Crippen MR) is 141 cm³/mol. The molecule has 0 saturated carbocycles. The molecule has 1 aliphatic heterocycles. The maximum atomic E-state index is 6.11. The number of rotatable bonds is 9. The van der Waals surface area contributed by atoms with Gasteiger partial charge in [0.2, 0.25) is 0 Å². The number of methoxy groups -OCH3 is 3. The van der Waals surface area contributed by atoms with Gasteiger partial charge in [-0.2, -0.15) is 0 Å². The summed E-state index contributed by atoms with van der Waals surface area (Å²) in [6.07, 6.45) is 3.23. The third-order valence-corrected chi connectivity index (χ3v) is 5.61. The van der Waals surface area contributed by atoms with Gasteiger partial charge in [-0.05, 0) is 31.6 Å². The highest BCUT2D eigenvalue weighted by molar-refractivity contribution is 14.0.